The average Bonchev–Trinajstić information content (AvgIpc) is 2.33. The molecule has 1 unspecified atom stereocenters. The van der Waals surface area contributed by atoms with Gasteiger partial charge in [0.05, 0.1) is 5.69 Å². The first-order valence-corrected chi connectivity index (χ1v) is 4.78. The van der Waals surface area contributed by atoms with Crippen molar-refractivity contribution in [2.45, 2.75) is 0 Å². The monoisotopic (exact) mass is 207 g/mol. The van der Waals surface area contributed by atoms with Crippen molar-refractivity contribution in [1.29, 1.82) is 0 Å². The van der Waals surface area contributed by atoms with E-state index >= 15 is 0 Å². The fourth-order valence-electron chi connectivity index (χ4n) is 0.649. The van der Waals surface area contributed by atoms with Crippen molar-refractivity contribution in [3.63, 3.8) is 0 Å². The number of nitrogens with one attached hydrogen (secondary N) is 1. The number of rotatable bonds is 3. The van der Waals surface area contributed by atoms with Gasteiger partial charge in [0.15, 0.2) is 0 Å². The van der Waals surface area contributed by atoms with Crippen LogP contribution in [0.1, 0.15) is 9.67 Å². The molecule has 1 aromatic heterocycles. The van der Waals surface area contributed by atoms with Gasteiger partial charge in [0.25, 0.3) is 11.3 Å². The van der Waals surface area contributed by atoms with Crippen molar-refractivity contribution in [3.05, 3.63) is 16.3 Å². The Kier molecular flexibility index (Phi) is 2.79. The highest BCUT2D eigenvalue weighted by atomic mass is 32.2. The maximum atomic E-state index is 10.5. The molecular weight excluding hydrogens is 202 g/mol. The Balaban J connectivity index is 2.91. The lowest BCUT2D eigenvalue weighted by Gasteiger charge is -1.97. The van der Waals surface area contributed by atoms with Gasteiger partial charge in [0.1, 0.15) is 4.88 Å². The predicted octanol–water partition coefficient (Wildman–Crippen LogP) is 0.995. The predicted molar refractivity (Wildman–Crippen MR) is 45.7 cm³/mol. The highest BCUT2D eigenvalue weighted by Gasteiger charge is 2.11. The summed E-state index contributed by atoms with van der Waals surface area (Å²) in [4.78, 5) is 10.5. The van der Waals surface area contributed by atoms with Crippen LogP contribution in [-0.2, 0) is 11.3 Å². The fourth-order valence-corrected chi connectivity index (χ4v) is 1.76. The van der Waals surface area contributed by atoms with E-state index in [9.17, 15) is 9.00 Å². The summed E-state index contributed by atoms with van der Waals surface area (Å²) in [6, 6.07) is 1.43. The molecule has 0 bridgehead atoms. The van der Waals surface area contributed by atoms with Crippen molar-refractivity contribution in [1.82, 2.24) is 0 Å². The number of carboxylic acid groups (broad SMARTS) is 1. The van der Waals surface area contributed by atoms with Crippen LogP contribution in [0.15, 0.2) is 11.4 Å². The smallest absolute Gasteiger partial charge is 0.348 e. The molecular formula is C5H5NO4S2. The number of thiophene rings is 1. The van der Waals surface area contributed by atoms with E-state index in [0.717, 1.165) is 11.3 Å². The van der Waals surface area contributed by atoms with Gasteiger partial charge in [0.2, 0.25) is 0 Å². The van der Waals surface area contributed by atoms with Gasteiger partial charge in [0, 0.05) is 0 Å². The Labute approximate surface area is 74.5 Å². The molecule has 0 aliphatic heterocycles. The molecule has 0 aliphatic rings. The average molecular weight is 207 g/mol. The molecule has 0 amide bonds. The Hall–Kier alpha value is -0.920. The molecule has 1 heterocycles. The van der Waals surface area contributed by atoms with E-state index in [1.807, 2.05) is 0 Å². The summed E-state index contributed by atoms with van der Waals surface area (Å²) in [5.74, 6) is -1.11. The zero-order valence-corrected chi connectivity index (χ0v) is 7.32. The molecule has 0 aromatic carbocycles. The Morgan fingerprint density at radius 2 is 2.33 bits per heavy atom. The molecule has 3 N–H and O–H groups in total. The summed E-state index contributed by atoms with van der Waals surface area (Å²) >= 11 is -1.24. The Morgan fingerprint density at radius 3 is 2.83 bits per heavy atom. The summed E-state index contributed by atoms with van der Waals surface area (Å²) in [5.41, 5.74) is 0.160. The van der Waals surface area contributed by atoms with Gasteiger partial charge < -0.3 is 5.11 Å². The van der Waals surface area contributed by atoms with Crippen LogP contribution in [0.5, 0.6) is 0 Å². The van der Waals surface area contributed by atoms with E-state index in [4.69, 9.17) is 9.66 Å². The third-order valence-corrected chi connectivity index (χ3v) is 2.35. The van der Waals surface area contributed by atoms with Crippen molar-refractivity contribution < 1.29 is 18.7 Å². The minimum absolute atomic E-state index is 0.0254. The van der Waals surface area contributed by atoms with Gasteiger partial charge in [-0.2, -0.15) is 0 Å². The Morgan fingerprint density at radius 1 is 1.67 bits per heavy atom. The SMILES string of the molecule is O=C(O)c1sccc1NS(=O)O. The van der Waals surface area contributed by atoms with Gasteiger partial charge in [-0.3, -0.25) is 9.27 Å². The van der Waals surface area contributed by atoms with Gasteiger partial charge in [-0.15, -0.1) is 11.3 Å². The zero-order chi connectivity index (χ0) is 9.14. The van der Waals surface area contributed by atoms with Crippen LogP contribution in [0, 0.1) is 0 Å². The topological polar surface area (TPSA) is 86.6 Å². The van der Waals surface area contributed by atoms with Crippen molar-refractivity contribution >= 4 is 34.3 Å². The number of carbonyl (C=O) groups is 1. The van der Waals surface area contributed by atoms with E-state index in [2.05, 4.69) is 4.72 Å². The summed E-state index contributed by atoms with van der Waals surface area (Å²) < 4.78 is 20.7. The summed E-state index contributed by atoms with van der Waals surface area (Å²) in [6.45, 7) is 0. The fraction of sp³-hybridized carbons (Fsp3) is 0. The first-order valence-electron chi connectivity index (χ1n) is 2.79. The van der Waals surface area contributed by atoms with Crippen LogP contribution in [-0.4, -0.2) is 19.8 Å². The van der Waals surface area contributed by atoms with E-state index in [-0.39, 0.29) is 10.6 Å². The number of carboxylic acids is 1. The maximum Gasteiger partial charge on any atom is 0.348 e. The third-order valence-electron chi connectivity index (χ3n) is 1.06. The van der Waals surface area contributed by atoms with Crippen LogP contribution in [0.25, 0.3) is 0 Å². The lowest BCUT2D eigenvalue weighted by atomic mass is 10.4. The molecule has 7 heteroatoms. The molecule has 12 heavy (non-hydrogen) atoms. The standard InChI is InChI=1S/C5H5NO4S2/c7-5(8)4-3(1-2-11-4)6-12(9)10/h1-2,6H,(H,7,8)(H,9,10). The zero-order valence-electron chi connectivity index (χ0n) is 5.68. The van der Waals surface area contributed by atoms with Gasteiger partial charge in [-0.05, 0) is 11.4 Å². The first-order chi connectivity index (χ1) is 5.61. The van der Waals surface area contributed by atoms with Gasteiger partial charge in [-0.25, -0.2) is 9.00 Å². The molecule has 0 saturated heterocycles. The number of anilines is 1. The van der Waals surface area contributed by atoms with E-state index in [0.29, 0.717) is 0 Å². The molecule has 0 saturated carbocycles. The summed E-state index contributed by atoms with van der Waals surface area (Å²) in [7, 11) is 0. The lowest BCUT2D eigenvalue weighted by Crippen LogP contribution is -2.05. The maximum absolute atomic E-state index is 10.5. The quantitative estimate of drug-likeness (QED) is 0.645. The molecule has 0 radical (unpaired) electrons. The largest absolute Gasteiger partial charge is 0.477 e. The normalized spacial score (nSPS) is 12.4. The van der Waals surface area contributed by atoms with E-state index in [1.54, 1.807) is 0 Å². The van der Waals surface area contributed by atoms with Crippen molar-refractivity contribution in [3.8, 4) is 0 Å². The molecule has 0 fully saturated rings. The summed E-state index contributed by atoms with van der Waals surface area (Å²) in [5, 5.41) is 10.1. The van der Waals surface area contributed by atoms with Crippen LogP contribution >= 0.6 is 11.3 Å². The third kappa shape index (κ3) is 2.03. The second kappa shape index (κ2) is 3.65. The minimum Gasteiger partial charge on any atom is -0.477 e. The van der Waals surface area contributed by atoms with Gasteiger partial charge in [-0.1, -0.05) is 0 Å². The highest BCUT2D eigenvalue weighted by Crippen LogP contribution is 2.22. The highest BCUT2D eigenvalue weighted by molar-refractivity contribution is 7.80. The van der Waals surface area contributed by atoms with Crippen LogP contribution in [0.2, 0.25) is 0 Å². The van der Waals surface area contributed by atoms with Gasteiger partial charge >= 0.3 is 5.97 Å². The molecule has 5 nitrogen and oxygen atoms in total. The van der Waals surface area contributed by atoms with Crippen molar-refractivity contribution in [2.24, 2.45) is 0 Å². The second-order valence-electron chi connectivity index (χ2n) is 1.82. The van der Waals surface area contributed by atoms with E-state index in [1.165, 1.54) is 11.4 Å². The minimum atomic E-state index is -2.23. The number of hydrogen-bond acceptors (Lipinski definition) is 3. The molecule has 1 atom stereocenters. The molecule has 1 aromatic rings. The van der Waals surface area contributed by atoms with E-state index < -0.39 is 17.2 Å². The Bertz CT molecular complexity index is 321. The first kappa shape index (κ1) is 9.17. The van der Waals surface area contributed by atoms with Crippen molar-refractivity contribution in [2.75, 3.05) is 4.72 Å². The molecule has 66 valence electrons. The number of hydrogen-bond donors (Lipinski definition) is 3. The second-order valence-corrected chi connectivity index (χ2v) is 3.44. The molecule has 1 rings (SSSR count). The lowest BCUT2D eigenvalue weighted by molar-refractivity contribution is 0.0703. The summed E-state index contributed by atoms with van der Waals surface area (Å²) in [6.07, 6.45) is 0. The van der Waals surface area contributed by atoms with Crippen LogP contribution in [0.3, 0.4) is 0 Å². The number of aromatic carboxylic acids is 1. The molecule has 0 spiro atoms. The van der Waals surface area contributed by atoms with Crippen LogP contribution in [0.4, 0.5) is 5.69 Å². The van der Waals surface area contributed by atoms with Crippen LogP contribution < -0.4 is 4.72 Å². The molecule has 0 aliphatic carbocycles.